The summed E-state index contributed by atoms with van der Waals surface area (Å²) in [6, 6.07) is 6.61. The predicted octanol–water partition coefficient (Wildman–Crippen LogP) is 3.61. The Morgan fingerprint density at radius 3 is 2.61 bits per heavy atom. The van der Waals surface area contributed by atoms with E-state index in [1.807, 2.05) is 12.1 Å². The van der Waals surface area contributed by atoms with Gasteiger partial charge < -0.3 is 9.80 Å². The molecule has 0 spiro atoms. The predicted molar refractivity (Wildman–Crippen MR) is 79.9 cm³/mol. The standard InChI is InChI=1S/C14H20Cl2N2/c1-17-8-6-11(7-9-17)18(2)14-5-3-4-13(16)12(14)10-15/h3-5,11H,6-10H2,1-2H3. The van der Waals surface area contributed by atoms with Crippen LogP contribution in [0.5, 0.6) is 0 Å². The monoisotopic (exact) mass is 286 g/mol. The van der Waals surface area contributed by atoms with Crippen LogP contribution in [0.15, 0.2) is 18.2 Å². The average Bonchev–Trinajstić information content (AvgIpc) is 2.38. The van der Waals surface area contributed by atoms with Crippen molar-refractivity contribution in [3.05, 3.63) is 28.8 Å². The normalized spacial score (nSPS) is 18.0. The number of likely N-dealkylation sites (tertiary alicyclic amines) is 1. The van der Waals surface area contributed by atoms with E-state index in [9.17, 15) is 0 Å². The molecule has 1 saturated heterocycles. The van der Waals surface area contributed by atoms with E-state index < -0.39 is 0 Å². The summed E-state index contributed by atoms with van der Waals surface area (Å²) in [4.78, 5) is 4.72. The van der Waals surface area contributed by atoms with E-state index in [0.29, 0.717) is 11.9 Å². The Kier molecular flexibility index (Phi) is 4.77. The maximum atomic E-state index is 6.22. The highest BCUT2D eigenvalue weighted by Gasteiger charge is 2.22. The molecule has 0 aromatic heterocycles. The largest absolute Gasteiger partial charge is 0.371 e. The third-order valence-corrected chi connectivity index (χ3v) is 4.46. The fourth-order valence-electron chi connectivity index (χ4n) is 2.59. The fraction of sp³-hybridized carbons (Fsp3) is 0.571. The van der Waals surface area contributed by atoms with Crippen molar-refractivity contribution in [1.82, 2.24) is 4.90 Å². The van der Waals surface area contributed by atoms with Gasteiger partial charge in [0, 0.05) is 29.4 Å². The van der Waals surface area contributed by atoms with Gasteiger partial charge in [-0.05, 0) is 45.1 Å². The average molecular weight is 287 g/mol. The lowest BCUT2D eigenvalue weighted by Gasteiger charge is -2.37. The van der Waals surface area contributed by atoms with Crippen LogP contribution in [0.1, 0.15) is 18.4 Å². The molecule has 100 valence electrons. The first kappa shape index (κ1) is 14.0. The van der Waals surface area contributed by atoms with Crippen LogP contribution >= 0.6 is 23.2 Å². The van der Waals surface area contributed by atoms with Gasteiger partial charge in [0.1, 0.15) is 0 Å². The SMILES string of the molecule is CN1CCC(N(C)c2cccc(Cl)c2CCl)CC1. The Morgan fingerprint density at radius 2 is 2.00 bits per heavy atom. The molecule has 2 nitrogen and oxygen atoms in total. The summed E-state index contributed by atoms with van der Waals surface area (Å²) in [5, 5.41) is 0.766. The second-order valence-corrected chi connectivity index (χ2v) is 5.69. The van der Waals surface area contributed by atoms with Gasteiger partial charge in [-0.25, -0.2) is 0 Å². The summed E-state index contributed by atoms with van der Waals surface area (Å²) in [6.07, 6.45) is 2.39. The molecule has 0 saturated carbocycles. The van der Waals surface area contributed by atoms with Crippen molar-refractivity contribution < 1.29 is 0 Å². The molecule has 0 unspecified atom stereocenters. The molecule has 1 aromatic rings. The van der Waals surface area contributed by atoms with Gasteiger partial charge in [-0.2, -0.15) is 0 Å². The first-order valence-corrected chi connectivity index (χ1v) is 7.29. The van der Waals surface area contributed by atoms with Crippen LogP contribution in [0.2, 0.25) is 5.02 Å². The van der Waals surface area contributed by atoms with Crippen LogP contribution in [-0.2, 0) is 5.88 Å². The third-order valence-electron chi connectivity index (χ3n) is 3.84. The zero-order chi connectivity index (χ0) is 13.1. The van der Waals surface area contributed by atoms with Crippen LogP contribution in [0.4, 0.5) is 5.69 Å². The maximum Gasteiger partial charge on any atom is 0.0509 e. The summed E-state index contributed by atoms with van der Waals surface area (Å²) in [5.41, 5.74) is 2.22. The maximum absolute atomic E-state index is 6.22. The molecule has 1 aliphatic heterocycles. The summed E-state index contributed by atoms with van der Waals surface area (Å²) in [5.74, 6) is 0.464. The van der Waals surface area contributed by atoms with Gasteiger partial charge in [0.2, 0.25) is 0 Å². The van der Waals surface area contributed by atoms with E-state index in [2.05, 4.69) is 30.0 Å². The van der Waals surface area contributed by atoms with Crippen molar-refractivity contribution in [2.75, 3.05) is 32.1 Å². The topological polar surface area (TPSA) is 6.48 Å². The van der Waals surface area contributed by atoms with E-state index >= 15 is 0 Å². The molecule has 0 atom stereocenters. The van der Waals surface area contributed by atoms with E-state index in [1.165, 1.54) is 18.5 Å². The van der Waals surface area contributed by atoms with Gasteiger partial charge in [0.25, 0.3) is 0 Å². The molecule has 0 radical (unpaired) electrons. The van der Waals surface area contributed by atoms with Gasteiger partial charge in [-0.15, -0.1) is 11.6 Å². The van der Waals surface area contributed by atoms with Crippen molar-refractivity contribution in [3.8, 4) is 0 Å². The van der Waals surface area contributed by atoms with E-state index in [1.54, 1.807) is 0 Å². The zero-order valence-corrected chi connectivity index (χ0v) is 12.5. The zero-order valence-electron chi connectivity index (χ0n) is 11.0. The molecule has 0 bridgehead atoms. The fourth-order valence-corrected chi connectivity index (χ4v) is 3.17. The molecule has 1 heterocycles. The lowest BCUT2D eigenvalue weighted by molar-refractivity contribution is 0.253. The molecule has 1 fully saturated rings. The van der Waals surface area contributed by atoms with Crippen molar-refractivity contribution in [2.24, 2.45) is 0 Å². The smallest absolute Gasteiger partial charge is 0.0509 e. The quantitative estimate of drug-likeness (QED) is 0.784. The van der Waals surface area contributed by atoms with Gasteiger partial charge in [-0.3, -0.25) is 0 Å². The number of nitrogens with zero attached hydrogens (tertiary/aromatic N) is 2. The number of rotatable bonds is 3. The molecule has 0 N–H and O–H groups in total. The van der Waals surface area contributed by atoms with Crippen molar-refractivity contribution in [3.63, 3.8) is 0 Å². The first-order valence-electron chi connectivity index (χ1n) is 6.38. The Hall–Kier alpha value is -0.440. The Labute approximate surface area is 119 Å². The molecular formula is C14H20Cl2N2. The highest BCUT2D eigenvalue weighted by molar-refractivity contribution is 6.32. The Bertz CT molecular complexity index is 401. The molecular weight excluding hydrogens is 267 g/mol. The Balaban J connectivity index is 2.18. The van der Waals surface area contributed by atoms with Gasteiger partial charge >= 0.3 is 0 Å². The van der Waals surface area contributed by atoms with E-state index in [4.69, 9.17) is 23.2 Å². The number of piperidine rings is 1. The minimum atomic E-state index is 0.464. The van der Waals surface area contributed by atoms with Crippen molar-refractivity contribution in [2.45, 2.75) is 24.8 Å². The molecule has 1 aromatic carbocycles. The lowest BCUT2D eigenvalue weighted by atomic mass is 10.0. The second kappa shape index (κ2) is 6.14. The molecule has 4 heteroatoms. The minimum Gasteiger partial charge on any atom is -0.371 e. The van der Waals surface area contributed by atoms with Crippen LogP contribution in [0.3, 0.4) is 0 Å². The number of anilines is 1. The number of alkyl halides is 1. The molecule has 1 aliphatic rings. The van der Waals surface area contributed by atoms with E-state index in [-0.39, 0.29) is 0 Å². The Morgan fingerprint density at radius 1 is 1.33 bits per heavy atom. The minimum absolute atomic E-state index is 0.464. The van der Waals surface area contributed by atoms with Crippen LogP contribution in [-0.4, -0.2) is 38.1 Å². The number of hydrogen-bond acceptors (Lipinski definition) is 2. The number of benzene rings is 1. The summed E-state index contributed by atoms with van der Waals surface area (Å²) in [7, 11) is 4.33. The van der Waals surface area contributed by atoms with Crippen LogP contribution in [0.25, 0.3) is 0 Å². The second-order valence-electron chi connectivity index (χ2n) is 5.02. The number of hydrogen-bond donors (Lipinski definition) is 0. The highest BCUT2D eigenvalue weighted by atomic mass is 35.5. The first-order chi connectivity index (χ1) is 8.63. The van der Waals surface area contributed by atoms with E-state index in [0.717, 1.165) is 23.7 Å². The van der Waals surface area contributed by atoms with Crippen molar-refractivity contribution >= 4 is 28.9 Å². The van der Waals surface area contributed by atoms with Crippen molar-refractivity contribution in [1.29, 1.82) is 0 Å². The summed E-state index contributed by atoms with van der Waals surface area (Å²) in [6.45, 7) is 2.32. The number of halogens is 2. The molecule has 18 heavy (non-hydrogen) atoms. The van der Waals surface area contributed by atoms with Crippen LogP contribution in [0, 0.1) is 0 Å². The third kappa shape index (κ3) is 2.93. The summed E-state index contributed by atoms with van der Waals surface area (Å²) < 4.78 is 0. The van der Waals surface area contributed by atoms with Gasteiger partial charge in [-0.1, -0.05) is 17.7 Å². The summed E-state index contributed by atoms with van der Waals surface area (Å²) >= 11 is 12.2. The van der Waals surface area contributed by atoms with Gasteiger partial charge in [0.05, 0.1) is 5.88 Å². The lowest BCUT2D eigenvalue weighted by Crippen LogP contribution is -2.42. The van der Waals surface area contributed by atoms with Crippen LogP contribution < -0.4 is 4.90 Å². The molecule has 0 amide bonds. The highest BCUT2D eigenvalue weighted by Crippen LogP contribution is 2.31. The van der Waals surface area contributed by atoms with Gasteiger partial charge in [0.15, 0.2) is 0 Å². The molecule has 2 rings (SSSR count). The molecule has 0 aliphatic carbocycles.